The van der Waals surface area contributed by atoms with E-state index in [4.69, 9.17) is 17.4 Å². The average molecular weight is 316 g/mol. The number of benzene rings is 1. The van der Waals surface area contributed by atoms with Gasteiger partial charge in [-0.2, -0.15) is 0 Å². The fraction of sp³-hybridized carbons (Fsp3) is 0.182. The van der Waals surface area contributed by atoms with Crippen molar-refractivity contribution in [1.82, 2.24) is 15.0 Å². The molecule has 0 aliphatic rings. The van der Waals surface area contributed by atoms with Crippen LogP contribution in [0.2, 0.25) is 5.02 Å². The zero-order valence-corrected chi connectivity index (χ0v) is 11.5. The number of halogens is 2. The Morgan fingerprint density at radius 1 is 1.53 bits per heavy atom. The van der Waals surface area contributed by atoms with Crippen LogP contribution in [0.15, 0.2) is 35.1 Å². The first-order valence-corrected chi connectivity index (χ1v) is 6.19. The van der Waals surface area contributed by atoms with Crippen LogP contribution in [0.5, 0.6) is 0 Å². The van der Waals surface area contributed by atoms with Gasteiger partial charge in [0.25, 0.3) is 0 Å². The minimum absolute atomic E-state index is 0.179. The van der Waals surface area contributed by atoms with Crippen LogP contribution < -0.4 is 11.3 Å². The van der Waals surface area contributed by atoms with Crippen molar-refractivity contribution in [2.24, 2.45) is 12.9 Å². The fourth-order valence-corrected chi connectivity index (χ4v) is 2.61. The molecule has 0 bridgehead atoms. The lowest BCUT2D eigenvalue weighted by atomic mass is 10.1. The van der Waals surface area contributed by atoms with Gasteiger partial charge in [-0.15, -0.1) is 0 Å². The highest BCUT2D eigenvalue weighted by molar-refractivity contribution is 9.10. The zero-order chi connectivity index (χ0) is 12.4. The largest absolute Gasteiger partial charge is 0.336 e. The van der Waals surface area contributed by atoms with Crippen LogP contribution in [0.4, 0.5) is 0 Å². The molecule has 1 atom stereocenters. The van der Waals surface area contributed by atoms with Crippen LogP contribution in [-0.2, 0) is 7.05 Å². The van der Waals surface area contributed by atoms with E-state index in [0.29, 0.717) is 5.02 Å². The number of hydrogen-bond donors (Lipinski definition) is 2. The van der Waals surface area contributed by atoms with Crippen molar-refractivity contribution in [3.63, 3.8) is 0 Å². The Kier molecular flexibility index (Phi) is 3.83. The molecule has 4 nitrogen and oxygen atoms in total. The standard InChI is InChI=1S/C11H12BrClN4/c1-17-5-4-15-11(17)10(16-14)8-3-2-7(13)6-9(8)12/h2-6,10,16H,14H2,1H3. The second-order valence-corrected chi connectivity index (χ2v) is 4.95. The number of aryl methyl sites for hydroxylation is 1. The number of hydrogen-bond acceptors (Lipinski definition) is 3. The van der Waals surface area contributed by atoms with E-state index in [9.17, 15) is 0 Å². The molecule has 0 fully saturated rings. The molecule has 0 radical (unpaired) electrons. The summed E-state index contributed by atoms with van der Waals surface area (Å²) in [6, 6.07) is 5.41. The summed E-state index contributed by atoms with van der Waals surface area (Å²) in [5, 5.41) is 0.677. The third-order valence-corrected chi connectivity index (χ3v) is 3.48. The van der Waals surface area contributed by atoms with Gasteiger partial charge >= 0.3 is 0 Å². The van der Waals surface area contributed by atoms with E-state index < -0.39 is 0 Å². The van der Waals surface area contributed by atoms with Crippen LogP contribution in [0.25, 0.3) is 0 Å². The molecule has 17 heavy (non-hydrogen) atoms. The van der Waals surface area contributed by atoms with Crippen LogP contribution in [0.3, 0.4) is 0 Å². The smallest absolute Gasteiger partial charge is 0.131 e. The van der Waals surface area contributed by atoms with Crippen molar-refractivity contribution in [2.75, 3.05) is 0 Å². The molecule has 2 rings (SSSR count). The van der Waals surface area contributed by atoms with Gasteiger partial charge in [0.1, 0.15) is 11.9 Å². The van der Waals surface area contributed by atoms with Crippen molar-refractivity contribution < 1.29 is 0 Å². The number of nitrogens with two attached hydrogens (primary N) is 1. The first kappa shape index (κ1) is 12.6. The molecule has 1 aromatic heterocycles. The second-order valence-electron chi connectivity index (χ2n) is 3.66. The fourth-order valence-electron chi connectivity index (χ4n) is 1.69. The number of imidazole rings is 1. The van der Waals surface area contributed by atoms with Gasteiger partial charge in [-0.3, -0.25) is 5.84 Å². The van der Waals surface area contributed by atoms with E-state index in [2.05, 4.69) is 26.3 Å². The van der Waals surface area contributed by atoms with Crippen molar-refractivity contribution in [3.05, 3.63) is 51.5 Å². The molecule has 0 saturated heterocycles. The van der Waals surface area contributed by atoms with Gasteiger partial charge < -0.3 is 4.57 Å². The third kappa shape index (κ3) is 2.52. The van der Waals surface area contributed by atoms with Gasteiger partial charge in [0, 0.05) is 28.9 Å². The lowest BCUT2D eigenvalue weighted by Crippen LogP contribution is -2.31. The van der Waals surface area contributed by atoms with Gasteiger partial charge in [0.05, 0.1) is 0 Å². The molecule has 90 valence electrons. The lowest BCUT2D eigenvalue weighted by Gasteiger charge is -2.17. The Bertz CT molecular complexity index is 526. The first-order chi connectivity index (χ1) is 8.13. The first-order valence-electron chi connectivity index (χ1n) is 5.01. The molecular weight excluding hydrogens is 304 g/mol. The highest BCUT2D eigenvalue weighted by Gasteiger charge is 2.19. The number of hydrazine groups is 1. The number of nitrogens with one attached hydrogen (secondary N) is 1. The minimum atomic E-state index is -0.179. The summed E-state index contributed by atoms with van der Waals surface area (Å²) < 4.78 is 2.82. The summed E-state index contributed by atoms with van der Waals surface area (Å²) in [5.74, 6) is 6.46. The highest BCUT2D eigenvalue weighted by atomic mass is 79.9. The Hall–Kier alpha value is -0.880. The molecule has 0 aliphatic carbocycles. The van der Waals surface area contributed by atoms with Gasteiger partial charge in [0.2, 0.25) is 0 Å². The van der Waals surface area contributed by atoms with Crippen LogP contribution in [0, 0.1) is 0 Å². The quantitative estimate of drug-likeness (QED) is 0.675. The summed E-state index contributed by atoms with van der Waals surface area (Å²) in [4.78, 5) is 4.29. The molecule has 0 spiro atoms. The molecule has 6 heteroatoms. The second kappa shape index (κ2) is 5.18. The number of rotatable bonds is 3. The molecule has 1 unspecified atom stereocenters. The molecule has 0 aliphatic heterocycles. The monoisotopic (exact) mass is 314 g/mol. The van der Waals surface area contributed by atoms with Gasteiger partial charge in [-0.1, -0.05) is 33.6 Å². The predicted octanol–water partition coefficient (Wildman–Crippen LogP) is 2.39. The molecule has 1 heterocycles. The maximum atomic E-state index is 5.92. The van der Waals surface area contributed by atoms with Crippen molar-refractivity contribution in [1.29, 1.82) is 0 Å². The summed E-state index contributed by atoms with van der Waals surface area (Å²) in [6.45, 7) is 0. The predicted molar refractivity (Wildman–Crippen MR) is 71.5 cm³/mol. The normalized spacial score (nSPS) is 12.7. The molecule has 3 N–H and O–H groups in total. The van der Waals surface area contributed by atoms with E-state index in [1.165, 1.54) is 0 Å². The number of nitrogens with zero attached hydrogens (tertiary/aromatic N) is 2. The molecule has 0 saturated carbocycles. The number of aromatic nitrogens is 2. The summed E-state index contributed by atoms with van der Waals surface area (Å²) in [5.41, 5.74) is 3.76. The average Bonchev–Trinajstić information content (AvgIpc) is 2.69. The van der Waals surface area contributed by atoms with E-state index in [1.807, 2.05) is 36.0 Å². The Morgan fingerprint density at radius 2 is 2.29 bits per heavy atom. The van der Waals surface area contributed by atoms with E-state index in [1.54, 1.807) is 6.20 Å². The van der Waals surface area contributed by atoms with Gasteiger partial charge in [-0.25, -0.2) is 10.4 Å². The van der Waals surface area contributed by atoms with Crippen LogP contribution >= 0.6 is 27.5 Å². The van der Waals surface area contributed by atoms with Crippen LogP contribution in [-0.4, -0.2) is 9.55 Å². The van der Waals surface area contributed by atoms with Gasteiger partial charge in [-0.05, 0) is 17.7 Å². The van der Waals surface area contributed by atoms with Crippen molar-refractivity contribution in [3.8, 4) is 0 Å². The summed E-state index contributed by atoms with van der Waals surface area (Å²) >= 11 is 9.40. The van der Waals surface area contributed by atoms with Crippen molar-refractivity contribution >= 4 is 27.5 Å². The Labute approximate surface area is 113 Å². The SMILES string of the molecule is Cn1ccnc1C(NN)c1ccc(Cl)cc1Br. The molecule has 0 amide bonds. The van der Waals surface area contributed by atoms with E-state index in [-0.39, 0.29) is 6.04 Å². The lowest BCUT2D eigenvalue weighted by molar-refractivity contribution is 0.578. The summed E-state index contributed by atoms with van der Waals surface area (Å²) in [7, 11) is 1.93. The maximum absolute atomic E-state index is 5.92. The third-order valence-electron chi connectivity index (χ3n) is 2.56. The van der Waals surface area contributed by atoms with E-state index in [0.717, 1.165) is 15.9 Å². The Balaban J connectivity index is 2.46. The zero-order valence-electron chi connectivity index (χ0n) is 9.19. The molecule has 2 aromatic rings. The topological polar surface area (TPSA) is 55.9 Å². The highest BCUT2D eigenvalue weighted by Crippen LogP contribution is 2.29. The maximum Gasteiger partial charge on any atom is 0.131 e. The minimum Gasteiger partial charge on any atom is -0.336 e. The van der Waals surface area contributed by atoms with Crippen LogP contribution in [0.1, 0.15) is 17.4 Å². The Morgan fingerprint density at radius 3 is 2.82 bits per heavy atom. The van der Waals surface area contributed by atoms with Gasteiger partial charge in [0.15, 0.2) is 0 Å². The molecular formula is C11H12BrClN4. The molecule has 1 aromatic carbocycles. The summed E-state index contributed by atoms with van der Waals surface area (Å²) in [6.07, 6.45) is 3.62. The van der Waals surface area contributed by atoms with E-state index >= 15 is 0 Å². The van der Waals surface area contributed by atoms with Crippen molar-refractivity contribution in [2.45, 2.75) is 6.04 Å².